The molecule has 0 heterocycles. The summed E-state index contributed by atoms with van der Waals surface area (Å²) in [5.41, 5.74) is 17.4. The second-order valence-electron chi connectivity index (χ2n) is 3.28. The van der Waals surface area contributed by atoms with Crippen LogP contribution in [0.2, 0.25) is 0 Å². The number of rotatable bonds is 2. The molecule has 0 bridgehead atoms. The van der Waals surface area contributed by atoms with Crippen LogP contribution in [0.5, 0.6) is 0 Å². The Morgan fingerprint density at radius 1 is 0.938 bits per heavy atom. The highest BCUT2D eigenvalue weighted by atomic mass is 32.1. The van der Waals surface area contributed by atoms with Crippen LogP contribution in [-0.2, 0) is 0 Å². The number of thiocarbonyl (C=S) groups is 2. The van der Waals surface area contributed by atoms with Crippen LogP contribution in [0.1, 0.15) is 25.7 Å². The molecule has 1 aliphatic rings. The second kappa shape index (κ2) is 6.33. The van der Waals surface area contributed by atoms with Gasteiger partial charge >= 0.3 is 0 Å². The van der Waals surface area contributed by atoms with Gasteiger partial charge in [0.1, 0.15) is 0 Å². The van der Waals surface area contributed by atoms with Crippen molar-refractivity contribution in [2.24, 2.45) is 21.7 Å². The number of hydrogen-bond donors (Lipinski definition) is 4. The van der Waals surface area contributed by atoms with Gasteiger partial charge in [-0.2, -0.15) is 10.2 Å². The van der Waals surface area contributed by atoms with Crippen molar-refractivity contribution in [3.05, 3.63) is 0 Å². The summed E-state index contributed by atoms with van der Waals surface area (Å²) in [5, 5.41) is 8.45. The van der Waals surface area contributed by atoms with Crippen molar-refractivity contribution < 1.29 is 0 Å². The smallest absolute Gasteiger partial charge is 0.184 e. The number of hydrazone groups is 2. The lowest BCUT2D eigenvalue weighted by molar-refractivity contribution is 0.765. The van der Waals surface area contributed by atoms with E-state index < -0.39 is 0 Å². The molecule has 0 radical (unpaired) electrons. The van der Waals surface area contributed by atoms with E-state index in [2.05, 4.69) is 45.5 Å². The zero-order chi connectivity index (χ0) is 12.0. The zero-order valence-corrected chi connectivity index (χ0v) is 10.3. The van der Waals surface area contributed by atoms with Crippen LogP contribution in [0.15, 0.2) is 10.2 Å². The minimum Gasteiger partial charge on any atom is -0.375 e. The van der Waals surface area contributed by atoms with Gasteiger partial charge in [0.15, 0.2) is 10.2 Å². The van der Waals surface area contributed by atoms with Gasteiger partial charge in [-0.15, -0.1) is 0 Å². The van der Waals surface area contributed by atoms with E-state index >= 15 is 0 Å². The maximum absolute atomic E-state index is 5.29. The lowest BCUT2D eigenvalue weighted by atomic mass is 9.96. The molecule has 8 heteroatoms. The zero-order valence-electron chi connectivity index (χ0n) is 8.69. The number of nitrogens with zero attached hydrogens (tertiary/aromatic N) is 2. The molecule has 0 aromatic heterocycles. The molecule has 0 saturated heterocycles. The van der Waals surface area contributed by atoms with Gasteiger partial charge in [0.05, 0.1) is 11.4 Å². The number of nitrogens with two attached hydrogens (primary N) is 2. The fraction of sp³-hybridized carbons (Fsp3) is 0.500. The van der Waals surface area contributed by atoms with E-state index in [1.807, 2.05) is 0 Å². The van der Waals surface area contributed by atoms with Crippen molar-refractivity contribution in [3.8, 4) is 0 Å². The van der Waals surface area contributed by atoms with Crippen molar-refractivity contribution >= 4 is 46.1 Å². The predicted molar refractivity (Wildman–Crippen MR) is 73.2 cm³/mol. The Bertz CT molecular complexity index is 314. The third kappa shape index (κ3) is 4.49. The molecule has 0 aromatic rings. The van der Waals surface area contributed by atoms with Crippen LogP contribution < -0.4 is 22.3 Å². The lowest BCUT2D eigenvalue weighted by Gasteiger charge is -2.15. The van der Waals surface area contributed by atoms with Crippen molar-refractivity contribution in [1.29, 1.82) is 0 Å². The highest BCUT2D eigenvalue weighted by molar-refractivity contribution is 7.80. The summed E-state index contributed by atoms with van der Waals surface area (Å²) in [6, 6.07) is 0. The average molecular weight is 258 g/mol. The maximum atomic E-state index is 5.29. The highest BCUT2D eigenvalue weighted by Crippen LogP contribution is 2.12. The first-order valence-electron chi connectivity index (χ1n) is 4.84. The van der Waals surface area contributed by atoms with Crippen molar-refractivity contribution in [2.75, 3.05) is 0 Å². The molecule has 6 N–H and O–H groups in total. The standard InChI is InChI=1S/C8H14N6S2/c9-7(15)13-11-5-3-1-2-4-6(5)12-14-8(10)16/h1-4H2,(H3,9,13,15)(H3,10,14,16)/b11-5+,12-6+. The van der Waals surface area contributed by atoms with Gasteiger partial charge in [0.25, 0.3) is 0 Å². The van der Waals surface area contributed by atoms with Crippen LogP contribution in [-0.4, -0.2) is 21.6 Å². The molecule has 0 aliphatic heterocycles. The first kappa shape index (κ1) is 12.8. The Morgan fingerprint density at radius 3 is 1.62 bits per heavy atom. The SMILES string of the molecule is NC(=S)N/N=C1\CCCC\C1=N/NC(N)=S. The molecule has 0 amide bonds. The molecule has 0 unspecified atom stereocenters. The van der Waals surface area contributed by atoms with Crippen molar-refractivity contribution in [1.82, 2.24) is 10.9 Å². The van der Waals surface area contributed by atoms with E-state index in [1.165, 1.54) is 0 Å². The Balaban J connectivity index is 2.70. The molecule has 1 fully saturated rings. The van der Waals surface area contributed by atoms with Crippen molar-refractivity contribution in [2.45, 2.75) is 25.7 Å². The predicted octanol–water partition coefficient (Wildman–Crippen LogP) is -0.0612. The molecule has 6 nitrogen and oxygen atoms in total. The average Bonchev–Trinajstić information content (AvgIpc) is 2.24. The van der Waals surface area contributed by atoms with Crippen LogP contribution in [0.3, 0.4) is 0 Å². The molecule has 1 aliphatic carbocycles. The summed E-state index contributed by atoms with van der Waals surface area (Å²) < 4.78 is 0. The first-order valence-corrected chi connectivity index (χ1v) is 5.65. The van der Waals surface area contributed by atoms with E-state index in [9.17, 15) is 0 Å². The van der Waals surface area contributed by atoms with E-state index in [0.29, 0.717) is 0 Å². The fourth-order valence-corrected chi connectivity index (χ4v) is 1.45. The summed E-state index contributed by atoms with van der Waals surface area (Å²) in [5.74, 6) is 0. The molecule has 1 rings (SSSR count). The first-order chi connectivity index (χ1) is 7.59. The summed E-state index contributed by atoms with van der Waals surface area (Å²) in [7, 11) is 0. The molecule has 1 saturated carbocycles. The van der Waals surface area contributed by atoms with Crippen LogP contribution in [0.25, 0.3) is 0 Å². The quantitative estimate of drug-likeness (QED) is 0.409. The summed E-state index contributed by atoms with van der Waals surface area (Å²) in [6.07, 6.45) is 3.83. The van der Waals surface area contributed by atoms with E-state index in [-0.39, 0.29) is 10.2 Å². The highest BCUT2D eigenvalue weighted by Gasteiger charge is 2.15. The Kier molecular flexibility index (Phi) is 5.06. The summed E-state index contributed by atoms with van der Waals surface area (Å²) >= 11 is 9.34. The Labute approximate surface area is 105 Å². The molecule has 0 spiro atoms. The Hall–Kier alpha value is -1.28. The van der Waals surface area contributed by atoms with Gasteiger partial charge in [-0.3, -0.25) is 10.9 Å². The third-order valence-electron chi connectivity index (χ3n) is 2.01. The molecule has 88 valence electrons. The van der Waals surface area contributed by atoms with Crippen LogP contribution in [0, 0.1) is 0 Å². The molecular formula is C8H14N6S2. The van der Waals surface area contributed by atoms with Crippen LogP contribution in [0.4, 0.5) is 0 Å². The lowest BCUT2D eigenvalue weighted by Crippen LogP contribution is -2.31. The van der Waals surface area contributed by atoms with Crippen molar-refractivity contribution in [3.63, 3.8) is 0 Å². The van der Waals surface area contributed by atoms with E-state index in [0.717, 1.165) is 37.1 Å². The molecule has 16 heavy (non-hydrogen) atoms. The van der Waals surface area contributed by atoms with Crippen LogP contribution >= 0.6 is 24.4 Å². The molecule has 0 aromatic carbocycles. The van der Waals surface area contributed by atoms with Gasteiger partial charge in [-0.05, 0) is 50.1 Å². The molecule has 0 atom stereocenters. The van der Waals surface area contributed by atoms with Gasteiger partial charge in [0, 0.05) is 0 Å². The molecular weight excluding hydrogens is 244 g/mol. The minimum atomic E-state index is 0.139. The van der Waals surface area contributed by atoms with Gasteiger partial charge in [-0.25, -0.2) is 0 Å². The van der Waals surface area contributed by atoms with Gasteiger partial charge in [0.2, 0.25) is 0 Å². The normalized spacial score (nSPS) is 20.8. The van der Waals surface area contributed by atoms with E-state index in [4.69, 9.17) is 11.5 Å². The largest absolute Gasteiger partial charge is 0.375 e. The maximum Gasteiger partial charge on any atom is 0.184 e. The summed E-state index contributed by atoms with van der Waals surface area (Å²) in [6.45, 7) is 0. The fourth-order valence-electron chi connectivity index (χ4n) is 1.36. The third-order valence-corrected chi connectivity index (χ3v) is 2.19. The van der Waals surface area contributed by atoms with Gasteiger partial charge < -0.3 is 11.5 Å². The Morgan fingerprint density at radius 2 is 1.31 bits per heavy atom. The van der Waals surface area contributed by atoms with E-state index in [1.54, 1.807) is 0 Å². The second-order valence-corrected chi connectivity index (χ2v) is 4.16. The van der Waals surface area contributed by atoms with Gasteiger partial charge in [-0.1, -0.05) is 0 Å². The number of nitrogens with one attached hydrogen (secondary N) is 2. The summed E-state index contributed by atoms with van der Waals surface area (Å²) in [4.78, 5) is 0. The number of hydrogen-bond acceptors (Lipinski definition) is 4. The minimum absolute atomic E-state index is 0.139. The topological polar surface area (TPSA) is 101 Å². The monoisotopic (exact) mass is 258 g/mol.